The Morgan fingerprint density at radius 1 is 1.28 bits per heavy atom. The van der Waals surface area contributed by atoms with Crippen molar-refractivity contribution in [3.8, 4) is 11.5 Å². The number of benzene rings is 1. The van der Waals surface area contributed by atoms with E-state index < -0.39 is 0 Å². The zero-order chi connectivity index (χ0) is 20.5. The molecule has 2 aromatic rings. The fraction of sp³-hybridized carbons (Fsp3) is 0.545. The summed E-state index contributed by atoms with van der Waals surface area (Å²) in [7, 11) is 0. The number of guanidine groups is 1. The van der Waals surface area contributed by atoms with Crippen molar-refractivity contribution in [2.75, 3.05) is 39.3 Å². The molecular weight excluding hydrogens is 366 g/mol. The second-order valence-corrected chi connectivity index (χ2v) is 7.73. The third kappa shape index (κ3) is 6.87. The summed E-state index contributed by atoms with van der Waals surface area (Å²) in [5.74, 6) is 2.06. The highest BCUT2D eigenvalue weighted by Gasteiger charge is 2.21. The van der Waals surface area contributed by atoms with Crippen LogP contribution in [-0.2, 0) is 11.3 Å². The van der Waals surface area contributed by atoms with Crippen LogP contribution in [0.15, 0.2) is 46.0 Å². The van der Waals surface area contributed by atoms with E-state index in [1.807, 2.05) is 30.3 Å². The van der Waals surface area contributed by atoms with Gasteiger partial charge in [-0.1, -0.05) is 32.0 Å². The Balaban J connectivity index is 1.53. The van der Waals surface area contributed by atoms with Crippen molar-refractivity contribution in [1.29, 1.82) is 0 Å². The molecule has 158 valence electrons. The van der Waals surface area contributed by atoms with Gasteiger partial charge in [-0.25, -0.2) is 9.98 Å². The molecule has 1 aliphatic heterocycles. The van der Waals surface area contributed by atoms with E-state index in [-0.39, 0.29) is 6.10 Å². The molecule has 29 heavy (non-hydrogen) atoms. The van der Waals surface area contributed by atoms with Crippen LogP contribution in [0.5, 0.6) is 0 Å². The molecule has 0 spiro atoms. The molecule has 1 aliphatic rings. The van der Waals surface area contributed by atoms with Crippen molar-refractivity contribution in [3.05, 3.63) is 42.3 Å². The number of ether oxygens (including phenoxy) is 1. The molecule has 0 aliphatic carbocycles. The standard InChI is InChI=1S/C22H33N5O2/c1-4-23-22(25-13-20-15-27(10-11-28-20)14-17(2)3)24-12-19-16-29-21(26-19)18-8-6-5-7-9-18/h5-9,16-17,20H,4,10-15H2,1-3H3,(H2,23,24,25). The Morgan fingerprint density at radius 2 is 2.10 bits per heavy atom. The summed E-state index contributed by atoms with van der Waals surface area (Å²) in [6, 6.07) is 9.89. The topological polar surface area (TPSA) is 74.9 Å². The third-order valence-corrected chi connectivity index (χ3v) is 4.66. The first-order valence-corrected chi connectivity index (χ1v) is 10.5. The molecule has 1 atom stereocenters. The molecular formula is C22H33N5O2. The van der Waals surface area contributed by atoms with E-state index in [1.54, 1.807) is 6.26 Å². The maximum absolute atomic E-state index is 5.92. The van der Waals surface area contributed by atoms with E-state index in [2.05, 4.69) is 46.3 Å². The third-order valence-electron chi connectivity index (χ3n) is 4.66. The molecule has 2 N–H and O–H groups in total. The number of hydrogen-bond donors (Lipinski definition) is 2. The van der Waals surface area contributed by atoms with Crippen LogP contribution in [-0.4, -0.2) is 61.3 Å². The first-order valence-electron chi connectivity index (χ1n) is 10.5. The zero-order valence-electron chi connectivity index (χ0n) is 17.7. The monoisotopic (exact) mass is 399 g/mol. The molecule has 1 saturated heterocycles. The average molecular weight is 400 g/mol. The fourth-order valence-corrected chi connectivity index (χ4v) is 3.39. The minimum absolute atomic E-state index is 0.170. The van der Waals surface area contributed by atoms with E-state index in [0.29, 0.717) is 18.4 Å². The van der Waals surface area contributed by atoms with Crippen LogP contribution in [0, 0.1) is 5.92 Å². The van der Waals surface area contributed by atoms with Crippen LogP contribution in [0.1, 0.15) is 26.5 Å². The van der Waals surface area contributed by atoms with Crippen LogP contribution in [0.3, 0.4) is 0 Å². The van der Waals surface area contributed by atoms with Gasteiger partial charge in [0.1, 0.15) is 12.0 Å². The number of hydrogen-bond acceptors (Lipinski definition) is 5. The smallest absolute Gasteiger partial charge is 0.226 e. The molecule has 3 rings (SSSR count). The summed E-state index contributed by atoms with van der Waals surface area (Å²) in [5, 5.41) is 6.69. The highest BCUT2D eigenvalue weighted by molar-refractivity contribution is 5.79. The van der Waals surface area contributed by atoms with Gasteiger partial charge in [0.2, 0.25) is 5.89 Å². The summed E-state index contributed by atoms with van der Waals surface area (Å²) in [4.78, 5) is 11.7. The lowest BCUT2D eigenvalue weighted by atomic mass is 10.2. The number of aromatic nitrogens is 1. The molecule has 7 nitrogen and oxygen atoms in total. The highest BCUT2D eigenvalue weighted by Crippen LogP contribution is 2.18. The van der Waals surface area contributed by atoms with Gasteiger partial charge in [0.25, 0.3) is 0 Å². The summed E-state index contributed by atoms with van der Waals surface area (Å²) >= 11 is 0. The lowest BCUT2D eigenvalue weighted by molar-refractivity contribution is -0.0284. The van der Waals surface area contributed by atoms with Gasteiger partial charge in [0.15, 0.2) is 5.96 Å². The maximum Gasteiger partial charge on any atom is 0.226 e. The van der Waals surface area contributed by atoms with Gasteiger partial charge in [-0.15, -0.1) is 0 Å². The minimum Gasteiger partial charge on any atom is -0.444 e. The van der Waals surface area contributed by atoms with Crippen molar-refractivity contribution in [3.63, 3.8) is 0 Å². The van der Waals surface area contributed by atoms with Gasteiger partial charge in [-0.2, -0.15) is 0 Å². The molecule has 7 heteroatoms. The Bertz CT molecular complexity index is 760. The van der Waals surface area contributed by atoms with E-state index in [0.717, 1.165) is 56.5 Å². The summed E-state index contributed by atoms with van der Waals surface area (Å²) in [6.07, 6.45) is 1.84. The van der Waals surface area contributed by atoms with Crippen molar-refractivity contribution in [2.24, 2.45) is 10.9 Å². The van der Waals surface area contributed by atoms with Crippen LogP contribution in [0.2, 0.25) is 0 Å². The first kappa shape index (κ1) is 21.3. The second kappa shape index (κ2) is 11.0. The van der Waals surface area contributed by atoms with Crippen LogP contribution in [0.4, 0.5) is 0 Å². The highest BCUT2D eigenvalue weighted by atomic mass is 16.5. The number of morpholine rings is 1. The van der Waals surface area contributed by atoms with E-state index in [4.69, 9.17) is 9.15 Å². The summed E-state index contributed by atoms with van der Waals surface area (Å²) < 4.78 is 11.5. The molecule has 1 aromatic carbocycles. The molecule has 1 fully saturated rings. The number of oxazole rings is 1. The molecule has 0 radical (unpaired) electrons. The quantitative estimate of drug-likeness (QED) is 0.525. The summed E-state index contributed by atoms with van der Waals surface area (Å²) in [5.41, 5.74) is 1.77. The van der Waals surface area contributed by atoms with E-state index in [9.17, 15) is 0 Å². The summed E-state index contributed by atoms with van der Waals surface area (Å²) in [6.45, 7) is 12.4. The predicted molar refractivity (Wildman–Crippen MR) is 116 cm³/mol. The molecule has 0 amide bonds. The van der Waals surface area contributed by atoms with Crippen molar-refractivity contribution < 1.29 is 9.15 Å². The van der Waals surface area contributed by atoms with Crippen molar-refractivity contribution >= 4 is 5.96 Å². The van der Waals surface area contributed by atoms with Crippen LogP contribution in [0.25, 0.3) is 11.5 Å². The maximum atomic E-state index is 5.92. The van der Waals surface area contributed by atoms with Crippen molar-refractivity contribution in [2.45, 2.75) is 33.4 Å². The zero-order valence-corrected chi connectivity index (χ0v) is 17.7. The lowest BCUT2D eigenvalue weighted by Crippen LogP contribution is -2.50. The average Bonchev–Trinajstić information content (AvgIpc) is 3.20. The SMILES string of the molecule is CCNC(=NCc1coc(-c2ccccc2)n1)NCC1CN(CC(C)C)CCO1. The van der Waals surface area contributed by atoms with Gasteiger partial charge in [0, 0.05) is 38.3 Å². The first-order chi connectivity index (χ1) is 14.1. The molecule has 2 heterocycles. The van der Waals surface area contributed by atoms with Crippen molar-refractivity contribution in [1.82, 2.24) is 20.5 Å². The normalized spacial score (nSPS) is 18.2. The number of aliphatic imine (C=N–C) groups is 1. The van der Waals surface area contributed by atoms with Gasteiger partial charge in [-0.05, 0) is 25.0 Å². The van der Waals surface area contributed by atoms with Crippen LogP contribution >= 0.6 is 0 Å². The minimum atomic E-state index is 0.170. The predicted octanol–water partition coefficient (Wildman–Crippen LogP) is 2.75. The molecule has 1 unspecified atom stereocenters. The largest absolute Gasteiger partial charge is 0.444 e. The number of rotatable bonds is 8. The molecule has 1 aromatic heterocycles. The van der Waals surface area contributed by atoms with Gasteiger partial charge < -0.3 is 19.8 Å². The molecule has 0 bridgehead atoms. The Hall–Kier alpha value is -2.38. The van der Waals surface area contributed by atoms with Crippen LogP contribution < -0.4 is 10.6 Å². The lowest BCUT2D eigenvalue weighted by Gasteiger charge is -2.34. The Kier molecular flexibility index (Phi) is 8.07. The van der Waals surface area contributed by atoms with E-state index in [1.165, 1.54) is 0 Å². The van der Waals surface area contributed by atoms with Gasteiger partial charge in [-0.3, -0.25) is 4.90 Å². The Morgan fingerprint density at radius 3 is 2.86 bits per heavy atom. The van der Waals surface area contributed by atoms with Gasteiger partial charge in [0.05, 0.1) is 19.3 Å². The fourth-order valence-electron chi connectivity index (χ4n) is 3.39. The second-order valence-electron chi connectivity index (χ2n) is 7.73. The van der Waals surface area contributed by atoms with Gasteiger partial charge >= 0.3 is 0 Å². The molecule has 0 saturated carbocycles. The number of nitrogens with one attached hydrogen (secondary N) is 2. The van der Waals surface area contributed by atoms with E-state index >= 15 is 0 Å². The number of nitrogens with zero attached hydrogens (tertiary/aromatic N) is 3. The Labute approximate surface area is 173 Å².